The molecule has 4 rings (SSSR count). The summed E-state index contributed by atoms with van der Waals surface area (Å²) in [5.41, 5.74) is 5.14. The maximum Gasteiger partial charge on any atom is 0.272 e. The van der Waals surface area contributed by atoms with Gasteiger partial charge < -0.3 is 0 Å². The van der Waals surface area contributed by atoms with Gasteiger partial charge in [0.1, 0.15) is 5.82 Å². The first-order valence-electron chi connectivity index (χ1n) is 8.76. The Balaban J connectivity index is 1.77. The van der Waals surface area contributed by atoms with Crippen LogP contribution in [0.3, 0.4) is 0 Å². The van der Waals surface area contributed by atoms with E-state index < -0.39 is 0 Å². The molecule has 2 aromatic carbocycles. The molecule has 1 aromatic heterocycles. The largest absolute Gasteiger partial charge is 0.272 e. The van der Waals surface area contributed by atoms with Crippen molar-refractivity contribution in [3.63, 3.8) is 0 Å². The molecule has 0 N–H and O–H groups in total. The summed E-state index contributed by atoms with van der Waals surface area (Å²) in [7, 11) is 0. The molecule has 2 heterocycles. The van der Waals surface area contributed by atoms with Gasteiger partial charge in [0.25, 0.3) is 5.56 Å². The van der Waals surface area contributed by atoms with Gasteiger partial charge in [-0.25, -0.2) is 9.37 Å². The van der Waals surface area contributed by atoms with Crippen LogP contribution in [-0.2, 0) is 12.2 Å². The third kappa shape index (κ3) is 3.69. The average Bonchev–Trinajstić information content (AvgIpc) is 3.12. The predicted octanol–water partition coefficient (Wildman–Crippen LogP) is 4.93. The van der Waals surface area contributed by atoms with Gasteiger partial charge in [-0.1, -0.05) is 35.5 Å². The zero-order chi connectivity index (χ0) is 19.0. The Morgan fingerprint density at radius 1 is 1.19 bits per heavy atom. The van der Waals surface area contributed by atoms with Gasteiger partial charge in [-0.05, 0) is 49.2 Å². The van der Waals surface area contributed by atoms with Gasteiger partial charge in [-0.2, -0.15) is 0 Å². The van der Waals surface area contributed by atoms with Crippen LogP contribution in [0.4, 0.5) is 4.39 Å². The van der Waals surface area contributed by atoms with Crippen molar-refractivity contribution < 1.29 is 4.39 Å². The zero-order valence-corrected chi connectivity index (χ0v) is 16.8. The van der Waals surface area contributed by atoms with E-state index in [0.717, 1.165) is 28.5 Å². The Morgan fingerprint density at radius 2 is 1.96 bits per heavy atom. The van der Waals surface area contributed by atoms with E-state index in [2.05, 4.69) is 32.0 Å². The van der Waals surface area contributed by atoms with Crippen LogP contribution in [-0.4, -0.2) is 15.3 Å². The zero-order valence-electron chi connectivity index (χ0n) is 15.2. The monoisotopic (exact) mass is 398 g/mol. The van der Waals surface area contributed by atoms with E-state index in [9.17, 15) is 9.18 Å². The second-order valence-corrected chi connectivity index (χ2v) is 8.65. The number of aromatic nitrogens is 2. The SMILES string of the molecule is Cc1ccc(C)c(CSc2nc3c(c(=O)n2-c2ccc(F)cc2)SCC3)c1. The fourth-order valence-electron chi connectivity index (χ4n) is 3.11. The summed E-state index contributed by atoms with van der Waals surface area (Å²) in [5, 5.41) is 0.661. The number of nitrogens with zero attached hydrogens (tertiary/aromatic N) is 2. The number of benzene rings is 2. The molecule has 0 saturated carbocycles. The van der Waals surface area contributed by atoms with Crippen molar-refractivity contribution in [3.05, 3.63) is 81.0 Å². The smallest absolute Gasteiger partial charge is 0.268 e. The molecule has 0 amide bonds. The van der Waals surface area contributed by atoms with Crippen LogP contribution in [0.25, 0.3) is 5.69 Å². The lowest BCUT2D eigenvalue weighted by Gasteiger charge is -2.14. The highest BCUT2D eigenvalue weighted by Crippen LogP contribution is 2.31. The van der Waals surface area contributed by atoms with Crippen LogP contribution < -0.4 is 5.56 Å². The summed E-state index contributed by atoms with van der Waals surface area (Å²) in [5.74, 6) is 1.29. The highest BCUT2D eigenvalue weighted by atomic mass is 32.2. The molecule has 0 aliphatic carbocycles. The third-order valence-electron chi connectivity index (χ3n) is 4.61. The van der Waals surface area contributed by atoms with Crippen LogP contribution in [0.15, 0.2) is 57.3 Å². The molecule has 0 fully saturated rings. The molecule has 6 heteroatoms. The number of thioether (sulfide) groups is 2. The number of rotatable bonds is 4. The summed E-state index contributed by atoms with van der Waals surface area (Å²) in [4.78, 5) is 18.6. The Morgan fingerprint density at radius 3 is 2.74 bits per heavy atom. The first-order valence-corrected chi connectivity index (χ1v) is 10.7. The van der Waals surface area contributed by atoms with Crippen molar-refractivity contribution in [2.75, 3.05) is 5.75 Å². The minimum absolute atomic E-state index is 0.0578. The van der Waals surface area contributed by atoms with Crippen molar-refractivity contribution >= 4 is 23.5 Å². The molecule has 1 aliphatic heterocycles. The van der Waals surface area contributed by atoms with Gasteiger partial charge in [-0.3, -0.25) is 9.36 Å². The van der Waals surface area contributed by atoms with E-state index in [1.54, 1.807) is 40.2 Å². The Kier molecular flexibility index (Phi) is 5.10. The fraction of sp³-hybridized carbons (Fsp3) is 0.238. The van der Waals surface area contributed by atoms with E-state index in [0.29, 0.717) is 10.8 Å². The Labute approximate surface area is 166 Å². The van der Waals surface area contributed by atoms with Gasteiger partial charge in [0.2, 0.25) is 0 Å². The maximum absolute atomic E-state index is 13.4. The van der Waals surface area contributed by atoms with Crippen LogP contribution >= 0.6 is 23.5 Å². The molecule has 27 heavy (non-hydrogen) atoms. The first kappa shape index (κ1) is 18.3. The van der Waals surface area contributed by atoms with E-state index in [-0.39, 0.29) is 11.4 Å². The quantitative estimate of drug-likeness (QED) is 0.461. The number of aryl methyl sites for hydroxylation is 3. The van der Waals surface area contributed by atoms with Crippen LogP contribution in [0.5, 0.6) is 0 Å². The molecule has 138 valence electrons. The van der Waals surface area contributed by atoms with Gasteiger partial charge in [0.15, 0.2) is 5.16 Å². The van der Waals surface area contributed by atoms with Gasteiger partial charge in [0, 0.05) is 17.9 Å². The fourth-order valence-corrected chi connectivity index (χ4v) is 5.22. The van der Waals surface area contributed by atoms with Gasteiger partial charge >= 0.3 is 0 Å². The number of fused-ring (bicyclic) bond motifs is 1. The molecular weight excluding hydrogens is 379 g/mol. The molecular formula is C21H19FN2OS2. The average molecular weight is 399 g/mol. The van der Waals surface area contributed by atoms with Crippen LogP contribution in [0.2, 0.25) is 0 Å². The van der Waals surface area contributed by atoms with Crippen molar-refractivity contribution in [2.24, 2.45) is 0 Å². The maximum atomic E-state index is 13.4. The Bertz CT molecular complexity index is 1060. The highest BCUT2D eigenvalue weighted by Gasteiger charge is 2.22. The summed E-state index contributed by atoms with van der Waals surface area (Å²) >= 11 is 3.11. The molecule has 3 aromatic rings. The van der Waals surface area contributed by atoms with E-state index in [1.165, 1.54) is 28.8 Å². The van der Waals surface area contributed by atoms with Crippen molar-refractivity contribution in [1.82, 2.24) is 9.55 Å². The molecule has 0 saturated heterocycles. The lowest BCUT2D eigenvalue weighted by molar-refractivity contribution is 0.626. The second-order valence-electron chi connectivity index (χ2n) is 6.60. The van der Waals surface area contributed by atoms with Crippen molar-refractivity contribution in [1.29, 1.82) is 0 Å². The van der Waals surface area contributed by atoms with Crippen LogP contribution in [0, 0.1) is 19.7 Å². The standard InChI is InChI=1S/C21H19FN2OS2/c1-13-3-4-14(2)15(11-13)12-27-21-23-18-9-10-26-19(18)20(25)24(21)17-7-5-16(22)6-8-17/h3-8,11H,9-10,12H2,1-2H3. The predicted molar refractivity (Wildman–Crippen MR) is 110 cm³/mol. The summed E-state index contributed by atoms with van der Waals surface area (Å²) in [6.07, 6.45) is 0.816. The number of hydrogen-bond donors (Lipinski definition) is 0. The van der Waals surface area contributed by atoms with Crippen molar-refractivity contribution in [2.45, 2.75) is 36.1 Å². The molecule has 3 nitrogen and oxygen atoms in total. The summed E-state index contributed by atoms with van der Waals surface area (Å²) in [6.45, 7) is 4.17. The minimum Gasteiger partial charge on any atom is -0.268 e. The molecule has 0 bridgehead atoms. The molecule has 0 atom stereocenters. The van der Waals surface area contributed by atoms with Crippen molar-refractivity contribution in [3.8, 4) is 5.69 Å². The second kappa shape index (κ2) is 7.52. The Hall–Kier alpha value is -2.05. The van der Waals surface area contributed by atoms with E-state index >= 15 is 0 Å². The topological polar surface area (TPSA) is 34.9 Å². The molecule has 1 aliphatic rings. The normalized spacial score (nSPS) is 13.0. The van der Waals surface area contributed by atoms with Crippen LogP contribution in [0.1, 0.15) is 22.4 Å². The molecule has 0 radical (unpaired) electrons. The number of halogens is 1. The highest BCUT2D eigenvalue weighted by molar-refractivity contribution is 7.99. The first-order chi connectivity index (χ1) is 13.0. The number of hydrogen-bond acceptors (Lipinski definition) is 4. The minimum atomic E-state index is -0.320. The summed E-state index contributed by atoms with van der Waals surface area (Å²) < 4.78 is 15.0. The van der Waals surface area contributed by atoms with E-state index in [4.69, 9.17) is 4.98 Å². The molecule has 0 spiro atoms. The lowest BCUT2D eigenvalue weighted by atomic mass is 10.1. The van der Waals surface area contributed by atoms with E-state index in [1.807, 2.05) is 0 Å². The third-order valence-corrected chi connectivity index (χ3v) is 6.71. The van der Waals surface area contributed by atoms with Gasteiger partial charge in [-0.15, -0.1) is 11.8 Å². The molecule has 0 unspecified atom stereocenters. The van der Waals surface area contributed by atoms with Gasteiger partial charge in [0.05, 0.1) is 16.3 Å². The summed E-state index contributed by atoms with van der Waals surface area (Å²) in [6, 6.07) is 12.4. The lowest BCUT2D eigenvalue weighted by Crippen LogP contribution is -2.23.